The van der Waals surface area contributed by atoms with Crippen LogP contribution in [0, 0.1) is 11.7 Å². The number of cyclic esters (lactones) is 2. The fraction of sp³-hybridized carbons (Fsp3) is 0.286. The van der Waals surface area contributed by atoms with Crippen molar-refractivity contribution in [1.82, 2.24) is 5.23 Å². The summed E-state index contributed by atoms with van der Waals surface area (Å²) in [5.74, 6) is -6.27. The molecule has 9 heteroatoms. The van der Waals surface area contributed by atoms with Crippen LogP contribution in [0.25, 0.3) is 11.1 Å². The summed E-state index contributed by atoms with van der Waals surface area (Å²) >= 11 is 5.93. The first-order valence-corrected chi connectivity index (χ1v) is 9.49. The zero-order valence-corrected chi connectivity index (χ0v) is 17.0. The fourth-order valence-electron chi connectivity index (χ4n) is 3.17. The van der Waals surface area contributed by atoms with Crippen LogP contribution >= 0.6 is 11.6 Å². The van der Waals surface area contributed by atoms with Gasteiger partial charge in [0.05, 0.1) is 6.04 Å². The minimum Gasteiger partial charge on any atom is -0.422 e. The molecule has 1 N–H and O–H groups in total. The maximum atomic E-state index is 14.0. The highest BCUT2D eigenvalue weighted by atomic mass is 35.5. The molecule has 0 bridgehead atoms. The molecule has 0 saturated carbocycles. The Hall–Kier alpha value is -2.71. The second-order valence-corrected chi connectivity index (χ2v) is 7.76. The molecule has 6 nitrogen and oxygen atoms in total. The van der Waals surface area contributed by atoms with E-state index in [1.165, 1.54) is 32.0 Å². The summed E-state index contributed by atoms with van der Waals surface area (Å²) in [6, 6.07) is 9.94. The zero-order chi connectivity index (χ0) is 22.1. The monoisotopic (exact) mass is 429 g/mol. The van der Waals surface area contributed by atoms with Crippen molar-refractivity contribution in [3.8, 4) is 11.1 Å². The third-order valence-electron chi connectivity index (χ3n) is 4.63. The topological polar surface area (TPSA) is 81.7 Å². The van der Waals surface area contributed by atoms with Gasteiger partial charge in [0.25, 0.3) is 5.79 Å². The third kappa shape index (κ3) is 4.71. The van der Waals surface area contributed by atoms with E-state index in [1.807, 2.05) is 0 Å². The summed E-state index contributed by atoms with van der Waals surface area (Å²) in [7, 11) is 5.49. The van der Waals surface area contributed by atoms with Gasteiger partial charge in [-0.3, -0.25) is 14.4 Å². The molecule has 0 unspecified atom stereocenters. The number of ketones is 1. The summed E-state index contributed by atoms with van der Waals surface area (Å²) < 4.78 is 24.0. The Morgan fingerprint density at radius 3 is 2.33 bits per heavy atom. The van der Waals surface area contributed by atoms with Crippen molar-refractivity contribution in [3.05, 3.63) is 58.9 Å². The molecule has 2 aromatic rings. The molecule has 1 fully saturated rings. The number of rotatable bonds is 6. The van der Waals surface area contributed by atoms with Crippen LogP contribution in [0.1, 0.15) is 19.4 Å². The van der Waals surface area contributed by atoms with E-state index in [9.17, 15) is 18.8 Å². The van der Waals surface area contributed by atoms with Crippen LogP contribution in [0.4, 0.5) is 4.39 Å². The number of carbonyl (C=O) groups is 3. The number of nitrogens with one attached hydrogen (secondary N) is 1. The summed E-state index contributed by atoms with van der Waals surface area (Å²) in [4.78, 5) is 37.0. The van der Waals surface area contributed by atoms with Crippen LogP contribution in [-0.2, 0) is 30.3 Å². The van der Waals surface area contributed by atoms with Crippen molar-refractivity contribution in [3.63, 3.8) is 0 Å². The van der Waals surface area contributed by atoms with E-state index in [-0.39, 0.29) is 6.42 Å². The van der Waals surface area contributed by atoms with Crippen LogP contribution in [0.2, 0.25) is 5.02 Å². The second kappa shape index (κ2) is 8.57. The van der Waals surface area contributed by atoms with Crippen LogP contribution < -0.4 is 5.23 Å². The lowest BCUT2D eigenvalue weighted by atomic mass is 9.91. The molecule has 0 spiro atoms. The summed E-state index contributed by atoms with van der Waals surface area (Å²) in [6.07, 6.45) is 0.0914. The standard InChI is InChI=1S/C21H18BClFNO5/c1-21(2)29-19(27)17(20(28)30-21)18(26)16(25-22)9-11-3-5-12(6-4-11)14-10-13(23)7-8-15(14)24/h3-8,10,16-17,25H,9H2,1-2H3/t16-/m1/s1. The Morgan fingerprint density at radius 2 is 1.77 bits per heavy atom. The quantitative estimate of drug-likeness (QED) is 0.432. The summed E-state index contributed by atoms with van der Waals surface area (Å²) in [5, 5.41) is 2.74. The fourth-order valence-corrected chi connectivity index (χ4v) is 3.34. The van der Waals surface area contributed by atoms with Gasteiger partial charge >= 0.3 is 11.9 Å². The first-order chi connectivity index (χ1) is 14.1. The summed E-state index contributed by atoms with van der Waals surface area (Å²) in [6.45, 7) is 2.79. The number of ether oxygens (including phenoxy) is 2. The van der Waals surface area contributed by atoms with Crippen molar-refractivity contribution in [2.24, 2.45) is 5.92 Å². The van der Waals surface area contributed by atoms with Crippen LogP contribution in [-0.4, -0.2) is 37.5 Å². The van der Waals surface area contributed by atoms with Crippen molar-refractivity contribution >= 4 is 37.3 Å². The molecular weight excluding hydrogens is 411 g/mol. The molecule has 154 valence electrons. The molecule has 1 heterocycles. The van der Waals surface area contributed by atoms with E-state index in [4.69, 9.17) is 29.1 Å². The number of Topliss-reactive ketones (excluding diaryl/α,β-unsaturated/α-hetero) is 1. The Labute approximate surface area is 179 Å². The van der Waals surface area contributed by atoms with Gasteiger partial charge in [0.1, 0.15) is 5.82 Å². The molecule has 2 aromatic carbocycles. The van der Waals surface area contributed by atoms with Crippen molar-refractivity contribution in [2.45, 2.75) is 32.1 Å². The van der Waals surface area contributed by atoms with Gasteiger partial charge in [-0.2, -0.15) is 0 Å². The maximum absolute atomic E-state index is 14.0. The Morgan fingerprint density at radius 1 is 1.17 bits per heavy atom. The van der Waals surface area contributed by atoms with Crippen LogP contribution in [0.3, 0.4) is 0 Å². The first-order valence-electron chi connectivity index (χ1n) is 9.11. The largest absolute Gasteiger partial charge is 0.422 e. The van der Waals surface area contributed by atoms with Gasteiger partial charge < -0.3 is 14.7 Å². The van der Waals surface area contributed by atoms with Crippen LogP contribution in [0.5, 0.6) is 0 Å². The highest BCUT2D eigenvalue weighted by Gasteiger charge is 2.48. The predicted molar refractivity (Wildman–Crippen MR) is 108 cm³/mol. The van der Waals surface area contributed by atoms with Gasteiger partial charge in [-0.15, -0.1) is 0 Å². The zero-order valence-electron chi connectivity index (χ0n) is 16.3. The lowest BCUT2D eigenvalue weighted by molar-refractivity contribution is -0.238. The van der Waals surface area contributed by atoms with Crippen molar-refractivity contribution in [2.75, 3.05) is 0 Å². The molecule has 0 aromatic heterocycles. The normalized spacial score (nSPS) is 17.2. The average molecular weight is 430 g/mol. The van der Waals surface area contributed by atoms with Gasteiger partial charge in [-0.05, 0) is 35.7 Å². The molecule has 30 heavy (non-hydrogen) atoms. The van der Waals surface area contributed by atoms with Gasteiger partial charge in [0.2, 0.25) is 5.92 Å². The minimum atomic E-state index is -1.71. The number of hydrogen-bond acceptors (Lipinski definition) is 6. The first kappa shape index (κ1) is 22.0. The van der Waals surface area contributed by atoms with Gasteiger partial charge in [-0.25, -0.2) is 4.39 Å². The Kier molecular flexibility index (Phi) is 6.29. The van der Waals surface area contributed by atoms with E-state index in [1.54, 1.807) is 24.3 Å². The number of esters is 2. The Bertz CT molecular complexity index is 975. The van der Waals surface area contributed by atoms with Gasteiger partial charge in [-0.1, -0.05) is 35.9 Å². The molecule has 1 atom stereocenters. The maximum Gasteiger partial charge on any atom is 0.331 e. The molecule has 1 saturated heterocycles. The second-order valence-electron chi connectivity index (χ2n) is 7.32. The Balaban J connectivity index is 1.76. The van der Waals surface area contributed by atoms with Gasteiger partial charge in [0.15, 0.2) is 13.8 Å². The van der Waals surface area contributed by atoms with E-state index < -0.39 is 41.3 Å². The number of halogens is 2. The molecule has 2 radical (unpaired) electrons. The third-order valence-corrected chi connectivity index (χ3v) is 4.86. The number of carbonyl (C=O) groups excluding carboxylic acids is 3. The molecule has 1 aliphatic heterocycles. The molecule has 0 aliphatic carbocycles. The van der Waals surface area contributed by atoms with E-state index in [2.05, 4.69) is 5.23 Å². The van der Waals surface area contributed by atoms with Gasteiger partial charge in [0, 0.05) is 24.4 Å². The van der Waals surface area contributed by atoms with Crippen LogP contribution in [0.15, 0.2) is 42.5 Å². The van der Waals surface area contributed by atoms with Crippen molar-refractivity contribution in [1.29, 1.82) is 0 Å². The average Bonchev–Trinajstić information content (AvgIpc) is 2.67. The molecule has 1 aliphatic rings. The number of benzene rings is 2. The lowest BCUT2D eigenvalue weighted by Crippen LogP contribution is -2.53. The molecule has 3 rings (SSSR count). The highest BCUT2D eigenvalue weighted by Crippen LogP contribution is 2.27. The summed E-state index contributed by atoms with van der Waals surface area (Å²) in [5.41, 5.74) is 1.62. The SMILES string of the molecule is [B]N[C@H](Cc1ccc(-c2cc(Cl)ccc2F)cc1)C(=O)C1C(=O)OC(C)(C)OC1=O. The van der Waals surface area contributed by atoms with E-state index in [0.717, 1.165) is 0 Å². The minimum absolute atomic E-state index is 0.0914. The smallest absolute Gasteiger partial charge is 0.331 e. The van der Waals surface area contributed by atoms with E-state index >= 15 is 0 Å². The predicted octanol–water partition coefficient (Wildman–Crippen LogP) is 2.75. The molecular formula is C21H18BClFNO5. The number of hydrogen-bond donors (Lipinski definition) is 1. The lowest BCUT2D eigenvalue weighted by Gasteiger charge is -2.33. The highest BCUT2D eigenvalue weighted by molar-refractivity contribution is 6.30. The van der Waals surface area contributed by atoms with E-state index in [0.29, 0.717) is 21.7 Å². The van der Waals surface area contributed by atoms with Crippen molar-refractivity contribution < 1.29 is 28.2 Å². The molecule has 0 amide bonds.